The zero-order valence-corrected chi connectivity index (χ0v) is 18.0. The predicted molar refractivity (Wildman–Crippen MR) is 125 cm³/mol. The molecule has 0 fully saturated rings. The zero-order chi connectivity index (χ0) is 22.3. The molecule has 1 aliphatic heterocycles. The molecule has 10 nitrogen and oxygen atoms in total. The van der Waals surface area contributed by atoms with Gasteiger partial charge in [0.1, 0.15) is 17.0 Å². The number of rotatable bonds is 7. The Hall–Kier alpha value is -4.25. The number of hydrazone groups is 1. The summed E-state index contributed by atoms with van der Waals surface area (Å²) >= 11 is 1.26. The molecule has 0 aliphatic carbocycles. The molecule has 0 spiro atoms. The lowest BCUT2D eigenvalue weighted by Gasteiger charge is -2.19. The number of methoxy groups -OCH3 is 2. The number of hydrogen-bond donors (Lipinski definition) is 3. The standard InChI is InChI=1S/C21H19N7O3S/c1-30-15-7-3-5-13(9-15)23-17-11-18(26-28-21-27-22-12-32-21)20(29)25-19(17)24-14-6-4-8-16(10-14)31-2/h3-12,23H,1-2H3,(H,27,28)(H,24,25,29). The minimum Gasteiger partial charge on any atom is -0.497 e. The van der Waals surface area contributed by atoms with Crippen molar-refractivity contribution in [1.82, 2.24) is 10.2 Å². The lowest BCUT2D eigenvalue weighted by molar-refractivity contribution is -0.111. The molecule has 0 bridgehead atoms. The fourth-order valence-electron chi connectivity index (χ4n) is 2.78. The van der Waals surface area contributed by atoms with E-state index >= 15 is 0 Å². The summed E-state index contributed by atoms with van der Waals surface area (Å²) in [4.78, 5) is 16.8. The van der Waals surface area contributed by atoms with E-state index in [0.29, 0.717) is 33.9 Å². The molecule has 11 heteroatoms. The summed E-state index contributed by atoms with van der Waals surface area (Å²) in [5, 5.41) is 18.6. The van der Waals surface area contributed by atoms with Crippen LogP contribution in [0.3, 0.4) is 0 Å². The van der Waals surface area contributed by atoms with Gasteiger partial charge in [-0.25, -0.2) is 0 Å². The van der Waals surface area contributed by atoms with Gasteiger partial charge in [0, 0.05) is 23.5 Å². The molecular weight excluding hydrogens is 430 g/mol. The smallest absolute Gasteiger partial charge is 0.299 e. The molecule has 0 radical (unpaired) electrons. The average Bonchev–Trinajstić information content (AvgIpc) is 3.34. The van der Waals surface area contributed by atoms with Crippen molar-refractivity contribution >= 4 is 45.3 Å². The van der Waals surface area contributed by atoms with Crippen LogP contribution in [0.4, 0.5) is 16.5 Å². The highest BCUT2D eigenvalue weighted by Crippen LogP contribution is 2.22. The summed E-state index contributed by atoms with van der Waals surface area (Å²) < 4.78 is 10.6. The highest BCUT2D eigenvalue weighted by atomic mass is 32.1. The van der Waals surface area contributed by atoms with Crippen LogP contribution in [0.15, 0.2) is 75.9 Å². The number of nitrogens with one attached hydrogen (secondary N) is 3. The summed E-state index contributed by atoms with van der Waals surface area (Å²) in [5.74, 6) is 1.19. The van der Waals surface area contributed by atoms with Gasteiger partial charge in [-0.3, -0.25) is 10.2 Å². The summed E-state index contributed by atoms with van der Waals surface area (Å²) in [6.45, 7) is 0. The number of amides is 1. The Balaban J connectivity index is 1.64. The van der Waals surface area contributed by atoms with E-state index in [9.17, 15) is 4.79 Å². The van der Waals surface area contributed by atoms with Crippen LogP contribution in [0.1, 0.15) is 0 Å². The van der Waals surface area contributed by atoms with Gasteiger partial charge in [0.15, 0.2) is 11.5 Å². The van der Waals surface area contributed by atoms with Crippen LogP contribution in [0, 0.1) is 0 Å². The van der Waals surface area contributed by atoms with Crippen molar-refractivity contribution in [3.8, 4) is 11.5 Å². The summed E-state index contributed by atoms with van der Waals surface area (Å²) in [5.41, 5.74) is 6.40. The maximum atomic E-state index is 12.6. The van der Waals surface area contributed by atoms with Gasteiger partial charge in [0.2, 0.25) is 5.13 Å². The number of dihydropyridines is 1. The SMILES string of the molecule is COc1cccc(NC2=CC(=NNc3nncs3)C(=O)N=C2Nc2cccc(OC)c2)c1. The number of hydrogen-bond acceptors (Lipinski definition) is 10. The number of nitrogens with zero attached hydrogens (tertiary/aromatic N) is 4. The lowest BCUT2D eigenvalue weighted by Crippen LogP contribution is -2.29. The van der Waals surface area contributed by atoms with Gasteiger partial charge in [-0.15, -0.1) is 10.2 Å². The van der Waals surface area contributed by atoms with Crippen molar-refractivity contribution in [2.24, 2.45) is 10.1 Å². The first-order chi connectivity index (χ1) is 15.6. The van der Waals surface area contributed by atoms with Crippen molar-refractivity contribution in [3.05, 3.63) is 65.8 Å². The Labute approximate surface area is 187 Å². The van der Waals surface area contributed by atoms with Gasteiger partial charge in [0.05, 0.1) is 19.9 Å². The highest BCUT2D eigenvalue weighted by Gasteiger charge is 2.22. The fourth-order valence-corrected chi connectivity index (χ4v) is 3.17. The van der Waals surface area contributed by atoms with Crippen LogP contribution in [0.25, 0.3) is 0 Å². The molecule has 1 aromatic heterocycles. The van der Waals surface area contributed by atoms with Gasteiger partial charge >= 0.3 is 0 Å². The van der Waals surface area contributed by atoms with Crippen LogP contribution in [0.2, 0.25) is 0 Å². The number of carbonyl (C=O) groups is 1. The van der Waals surface area contributed by atoms with Crippen LogP contribution in [-0.2, 0) is 4.79 Å². The molecule has 2 heterocycles. The Kier molecular flexibility index (Phi) is 6.37. The van der Waals surface area contributed by atoms with Gasteiger partial charge < -0.3 is 20.1 Å². The largest absolute Gasteiger partial charge is 0.497 e. The maximum absolute atomic E-state index is 12.6. The summed E-state index contributed by atoms with van der Waals surface area (Å²) in [6, 6.07) is 14.7. The van der Waals surface area contributed by atoms with Crippen molar-refractivity contribution in [3.63, 3.8) is 0 Å². The molecule has 4 rings (SSSR count). The van der Waals surface area contributed by atoms with E-state index in [0.717, 1.165) is 5.69 Å². The van der Waals surface area contributed by atoms with E-state index in [-0.39, 0.29) is 5.71 Å². The van der Waals surface area contributed by atoms with Crippen molar-refractivity contribution < 1.29 is 14.3 Å². The Morgan fingerprint density at radius 1 is 0.969 bits per heavy atom. The number of benzene rings is 2. The Morgan fingerprint density at radius 3 is 2.28 bits per heavy atom. The van der Waals surface area contributed by atoms with Gasteiger partial charge in [-0.2, -0.15) is 10.1 Å². The second-order valence-corrected chi connectivity index (χ2v) is 7.22. The molecule has 2 aromatic carbocycles. The Bertz CT molecular complexity index is 1210. The second kappa shape index (κ2) is 9.71. The summed E-state index contributed by atoms with van der Waals surface area (Å²) in [6.07, 6.45) is 1.60. The third-order valence-electron chi connectivity index (χ3n) is 4.28. The van der Waals surface area contributed by atoms with Crippen LogP contribution in [0.5, 0.6) is 11.5 Å². The van der Waals surface area contributed by atoms with Crippen molar-refractivity contribution in [2.45, 2.75) is 0 Å². The predicted octanol–water partition coefficient (Wildman–Crippen LogP) is 3.37. The number of carbonyl (C=O) groups excluding carboxylic acids is 1. The first kappa shape index (κ1) is 21.0. The van der Waals surface area contributed by atoms with E-state index in [1.165, 1.54) is 11.3 Å². The van der Waals surface area contributed by atoms with Gasteiger partial charge in [-0.05, 0) is 30.3 Å². The van der Waals surface area contributed by atoms with Crippen molar-refractivity contribution in [2.75, 3.05) is 30.3 Å². The number of aliphatic imine (C=N–C) groups is 1. The lowest BCUT2D eigenvalue weighted by atomic mass is 10.2. The van der Waals surface area contributed by atoms with Gasteiger partial charge in [0.25, 0.3) is 5.91 Å². The highest BCUT2D eigenvalue weighted by molar-refractivity contribution is 7.13. The number of amidine groups is 1. The first-order valence-electron chi connectivity index (χ1n) is 9.42. The molecule has 162 valence electrons. The second-order valence-electron chi connectivity index (χ2n) is 6.39. The Morgan fingerprint density at radius 2 is 1.66 bits per heavy atom. The number of ether oxygens (including phenoxy) is 2. The van der Waals surface area contributed by atoms with E-state index in [1.807, 2.05) is 42.5 Å². The zero-order valence-electron chi connectivity index (χ0n) is 17.2. The van der Waals surface area contributed by atoms with E-state index in [1.54, 1.807) is 31.9 Å². The molecule has 3 N–H and O–H groups in total. The normalized spacial score (nSPS) is 14.4. The first-order valence-corrected chi connectivity index (χ1v) is 10.3. The van der Waals surface area contributed by atoms with E-state index in [4.69, 9.17) is 9.47 Å². The van der Waals surface area contributed by atoms with Crippen LogP contribution >= 0.6 is 11.3 Å². The van der Waals surface area contributed by atoms with Crippen LogP contribution in [-0.4, -0.2) is 41.9 Å². The maximum Gasteiger partial charge on any atom is 0.299 e. The average molecular weight is 449 g/mol. The molecule has 32 heavy (non-hydrogen) atoms. The van der Waals surface area contributed by atoms with Gasteiger partial charge in [-0.1, -0.05) is 23.5 Å². The van der Waals surface area contributed by atoms with Crippen molar-refractivity contribution in [1.29, 1.82) is 0 Å². The molecule has 1 amide bonds. The molecule has 0 atom stereocenters. The molecule has 0 saturated heterocycles. The minimum atomic E-state index is -0.511. The quantitative estimate of drug-likeness (QED) is 0.469. The molecular formula is C21H19N7O3S. The number of aromatic nitrogens is 2. The third kappa shape index (κ3) is 5.08. The molecule has 0 saturated carbocycles. The van der Waals surface area contributed by atoms with E-state index < -0.39 is 5.91 Å². The molecule has 1 aliphatic rings. The summed E-state index contributed by atoms with van der Waals surface area (Å²) in [7, 11) is 3.18. The topological polar surface area (TPSA) is 122 Å². The monoisotopic (exact) mass is 449 g/mol. The minimum absolute atomic E-state index is 0.113. The molecule has 0 unspecified atom stereocenters. The molecule has 3 aromatic rings. The number of anilines is 3. The third-order valence-corrected chi connectivity index (χ3v) is 4.88. The van der Waals surface area contributed by atoms with Crippen LogP contribution < -0.4 is 25.5 Å². The van der Waals surface area contributed by atoms with E-state index in [2.05, 4.69) is 36.4 Å². The fraction of sp³-hybridized carbons (Fsp3) is 0.0952.